The van der Waals surface area contributed by atoms with Crippen LogP contribution in [0.5, 0.6) is 0 Å². The van der Waals surface area contributed by atoms with Gasteiger partial charge in [0.25, 0.3) is 0 Å². The molecule has 3 aromatic rings. The van der Waals surface area contributed by atoms with Crippen LogP contribution in [0, 0.1) is 12.3 Å². The van der Waals surface area contributed by atoms with Crippen LogP contribution in [0.1, 0.15) is 45.2 Å². The van der Waals surface area contributed by atoms with Crippen LogP contribution in [-0.4, -0.2) is 46.1 Å². The SMILES string of the molecule is COCCN(Cc1ccc(SC(C)(CC(C)(C)C)C(=O)O)cc1)c1cc(-c2cccc(C)c2)ncn1. The van der Waals surface area contributed by atoms with Crippen molar-refractivity contribution in [1.82, 2.24) is 9.97 Å². The molecule has 0 saturated heterocycles. The van der Waals surface area contributed by atoms with Gasteiger partial charge in [-0.15, -0.1) is 11.8 Å². The van der Waals surface area contributed by atoms with Gasteiger partial charge in [0, 0.05) is 36.7 Å². The maximum atomic E-state index is 12.1. The lowest BCUT2D eigenvalue weighted by atomic mass is 9.85. The predicted molar refractivity (Wildman–Crippen MR) is 148 cm³/mol. The van der Waals surface area contributed by atoms with Gasteiger partial charge in [0.2, 0.25) is 0 Å². The number of hydrogen-bond acceptors (Lipinski definition) is 6. The third-order valence-corrected chi connectivity index (χ3v) is 7.09. The highest BCUT2D eigenvalue weighted by Gasteiger charge is 2.38. The Morgan fingerprint density at radius 3 is 2.39 bits per heavy atom. The zero-order valence-corrected chi connectivity index (χ0v) is 22.9. The molecule has 0 saturated carbocycles. The summed E-state index contributed by atoms with van der Waals surface area (Å²) in [6.45, 7) is 12.0. The molecule has 0 aliphatic rings. The molecule has 36 heavy (non-hydrogen) atoms. The molecule has 0 aliphatic carbocycles. The largest absolute Gasteiger partial charge is 0.480 e. The number of benzene rings is 2. The zero-order chi connectivity index (χ0) is 26.3. The minimum absolute atomic E-state index is 0.0865. The van der Waals surface area contributed by atoms with Gasteiger partial charge in [-0.1, -0.05) is 56.7 Å². The highest BCUT2D eigenvalue weighted by atomic mass is 32.2. The van der Waals surface area contributed by atoms with Crippen molar-refractivity contribution in [3.63, 3.8) is 0 Å². The second-order valence-electron chi connectivity index (χ2n) is 10.6. The van der Waals surface area contributed by atoms with E-state index in [4.69, 9.17) is 4.74 Å². The summed E-state index contributed by atoms with van der Waals surface area (Å²) < 4.78 is 4.46. The molecule has 1 N–H and O–H groups in total. The molecular weight excluding hydrogens is 470 g/mol. The van der Waals surface area contributed by atoms with E-state index in [0.717, 1.165) is 27.5 Å². The Morgan fingerprint density at radius 2 is 1.78 bits per heavy atom. The van der Waals surface area contributed by atoms with Crippen molar-refractivity contribution < 1.29 is 14.6 Å². The molecule has 0 radical (unpaired) electrons. The first kappa shape index (κ1) is 27.7. The molecule has 7 heteroatoms. The maximum absolute atomic E-state index is 12.1. The predicted octanol–water partition coefficient (Wildman–Crippen LogP) is 6.48. The summed E-state index contributed by atoms with van der Waals surface area (Å²) in [5, 5.41) is 9.91. The van der Waals surface area contributed by atoms with Gasteiger partial charge < -0.3 is 14.7 Å². The fraction of sp³-hybridized carbons (Fsp3) is 0.414. The van der Waals surface area contributed by atoms with E-state index in [2.05, 4.69) is 72.9 Å². The molecule has 0 fully saturated rings. The van der Waals surface area contributed by atoms with E-state index in [1.165, 1.54) is 17.3 Å². The third-order valence-electron chi connectivity index (χ3n) is 5.82. The Bertz CT molecular complexity index is 1160. The van der Waals surface area contributed by atoms with Crippen molar-refractivity contribution in [3.8, 4) is 11.3 Å². The van der Waals surface area contributed by atoms with Gasteiger partial charge in [-0.05, 0) is 49.4 Å². The van der Waals surface area contributed by atoms with E-state index < -0.39 is 10.7 Å². The van der Waals surface area contributed by atoms with Crippen LogP contribution in [-0.2, 0) is 16.1 Å². The lowest BCUT2D eigenvalue weighted by molar-refractivity contribution is -0.140. The number of thioether (sulfide) groups is 1. The van der Waals surface area contributed by atoms with Crippen LogP contribution >= 0.6 is 11.8 Å². The van der Waals surface area contributed by atoms with Gasteiger partial charge >= 0.3 is 5.97 Å². The van der Waals surface area contributed by atoms with Crippen molar-refractivity contribution in [1.29, 1.82) is 0 Å². The van der Waals surface area contributed by atoms with Crippen LogP contribution in [0.3, 0.4) is 0 Å². The minimum Gasteiger partial charge on any atom is -0.480 e. The number of anilines is 1. The number of aliphatic carboxylic acids is 1. The van der Waals surface area contributed by atoms with Crippen LogP contribution in [0.25, 0.3) is 11.3 Å². The fourth-order valence-corrected chi connectivity index (χ4v) is 5.65. The summed E-state index contributed by atoms with van der Waals surface area (Å²) in [6, 6.07) is 18.4. The Labute approximate surface area is 219 Å². The van der Waals surface area contributed by atoms with Crippen molar-refractivity contribution in [2.45, 2.75) is 57.2 Å². The molecule has 1 aromatic heterocycles. The highest BCUT2D eigenvalue weighted by molar-refractivity contribution is 8.01. The number of nitrogens with zero attached hydrogens (tertiary/aromatic N) is 3. The van der Waals surface area contributed by atoms with E-state index in [-0.39, 0.29) is 5.41 Å². The standard InChI is InChI=1S/C29H37N3O3S/c1-21-8-7-9-23(16-21)25-17-26(31-20-30-25)32(14-15-35-6)18-22-10-12-24(13-11-22)36-29(5,27(33)34)19-28(2,3)4/h7-13,16-17,20H,14-15,18-19H2,1-6H3,(H,33,34). The first-order valence-corrected chi connectivity index (χ1v) is 12.9. The molecule has 2 aromatic carbocycles. The topological polar surface area (TPSA) is 75.5 Å². The number of rotatable bonds is 11. The molecule has 6 nitrogen and oxygen atoms in total. The van der Waals surface area contributed by atoms with E-state index in [9.17, 15) is 9.90 Å². The monoisotopic (exact) mass is 507 g/mol. The molecule has 3 rings (SSSR count). The summed E-state index contributed by atoms with van der Waals surface area (Å²) in [7, 11) is 1.69. The number of aryl methyl sites for hydroxylation is 1. The Morgan fingerprint density at radius 1 is 1.06 bits per heavy atom. The number of carboxylic acids is 1. The number of carboxylic acid groups (broad SMARTS) is 1. The molecule has 0 amide bonds. The van der Waals surface area contributed by atoms with E-state index in [1.54, 1.807) is 13.4 Å². The minimum atomic E-state index is -0.891. The normalized spacial score (nSPS) is 13.3. The molecule has 0 spiro atoms. The van der Waals surface area contributed by atoms with Crippen molar-refractivity contribution in [3.05, 3.63) is 72.1 Å². The highest BCUT2D eigenvalue weighted by Crippen LogP contribution is 2.41. The van der Waals surface area contributed by atoms with Crippen LogP contribution in [0.15, 0.2) is 65.8 Å². The van der Waals surface area contributed by atoms with E-state index in [0.29, 0.717) is 26.1 Å². The number of hydrogen-bond donors (Lipinski definition) is 1. The summed E-state index contributed by atoms with van der Waals surface area (Å²) in [5.74, 6) is 0.0473. The van der Waals surface area contributed by atoms with Gasteiger partial charge in [0.1, 0.15) is 16.9 Å². The average molecular weight is 508 g/mol. The van der Waals surface area contributed by atoms with E-state index in [1.807, 2.05) is 31.2 Å². The van der Waals surface area contributed by atoms with Gasteiger partial charge in [-0.25, -0.2) is 9.97 Å². The number of ether oxygens (including phenoxy) is 1. The second-order valence-corrected chi connectivity index (χ2v) is 12.1. The van der Waals surface area contributed by atoms with Gasteiger partial charge in [0.15, 0.2) is 0 Å². The average Bonchev–Trinajstić information content (AvgIpc) is 2.81. The Kier molecular flexibility index (Phi) is 9.14. The van der Waals surface area contributed by atoms with Crippen molar-refractivity contribution in [2.24, 2.45) is 5.41 Å². The Balaban J connectivity index is 1.80. The molecule has 0 aliphatic heterocycles. The summed E-state index contributed by atoms with van der Waals surface area (Å²) >= 11 is 1.41. The molecular formula is C29H37N3O3S. The number of aromatic nitrogens is 2. The van der Waals surface area contributed by atoms with Gasteiger partial charge in [0.05, 0.1) is 12.3 Å². The third kappa shape index (κ3) is 7.80. The van der Waals surface area contributed by atoms with Gasteiger partial charge in [-0.2, -0.15) is 0 Å². The first-order chi connectivity index (χ1) is 17.0. The van der Waals surface area contributed by atoms with Crippen LogP contribution in [0.4, 0.5) is 5.82 Å². The number of carbonyl (C=O) groups is 1. The van der Waals surface area contributed by atoms with E-state index >= 15 is 0 Å². The lowest BCUT2D eigenvalue weighted by Gasteiger charge is -2.31. The molecule has 1 atom stereocenters. The van der Waals surface area contributed by atoms with Crippen LogP contribution in [0.2, 0.25) is 0 Å². The summed E-state index contributed by atoms with van der Waals surface area (Å²) in [5.41, 5.74) is 4.15. The number of methoxy groups -OCH3 is 1. The van der Waals surface area contributed by atoms with Crippen molar-refractivity contribution >= 4 is 23.5 Å². The van der Waals surface area contributed by atoms with Crippen molar-refractivity contribution in [2.75, 3.05) is 25.2 Å². The lowest BCUT2D eigenvalue weighted by Crippen LogP contribution is -2.35. The molecule has 192 valence electrons. The summed E-state index contributed by atoms with van der Waals surface area (Å²) in [4.78, 5) is 24.2. The first-order valence-electron chi connectivity index (χ1n) is 12.1. The smallest absolute Gasteiger partial charge is 0.319 e. The molecule has 0 bridgehead atoms. The summed E-state index contributed by atoms with van der Waals surface area (Å²) in [6.07, 6.45) is 2.18. The van der Waals surface area contributed by atoms with Gasteiger partial charge in [-0.3, -0.25) is 4.79 Å². The zero-order valence-electron chi connectivity index (χ0n) is 22.1. The maximum Gasteiger partial charge on any atom is 0.319 e. The second kappa shape index (κ2) is 11.9. The molecule has 1 unspecified atom stereocenters. The quantitative estimate of drug-likeness (QED) is 0.298. The molecule has 1 heterocycles. The van der Waals surface area contributed by atoms with Crippen LogP contribution < -0.4 is 4.90 Å². The fourth-order valence-electron chi connectivity index (χ4n) is 4.27. The Hall–Kier alpha value is -2.90.